The van der Waals surface area contributed by atoms with Crippen LogP contribution < -0.4 is 0 Å². The largest absolute Gasteiger partial charge is 0.463 e. The minimum atomic E-state index is -1.16. The van der Waals surface area contributed by atoms with E-state index in [1.54, 1.807) is 6.92 Å². The van der Waals surface area contributed by atoms with Crippen LogP contribution in [-0.4, -0.2) is 96.1 Å². The van der Waals surface area contributed by atoms with Gasteiger partial charge in [-0.1, -0.05) is 6.58 Å². The Bertz CT molecular complexity index is 288. The zero-order valence-corrected chi connectivity index (χ0v) is 14.1. The van der Waals surface area contributed by atoms with Crippen LogP contribution in [0.4, 0.5) is 0 Å². The number of hydrogen-bond acceptors (Lipinski definition) is 9. The molecule has 0 spiro atoms. The molecular weight excluding hydrogens is 324 g/mol. The first-order valence-corrected chi connectivity index (χ1v) is 7.40. The summed E-state index contributed by atoms with van der Waals surface area (Å²) in [5.74, 6) is -0.359. The van der Waals surface area contributed by atoms with E-state index in [-0.39, 0.29) is 19.2 Å². The van der Waals surface area contributed by atoms with Gasteiger partial charge in [-0.15, -0.1) is 0 Å². The van der Waals surface area contributed by atoms with E-state index in [0.29, 0.717) is 6.61 Å². The quantitative estimate of drug-likeness (QED) is 0.167. The molecule has 0 atom stereocenters. The fourth-order valence-electron chi connectivity index (χ4n) is 1.26. The second kappa shape index (κ2) is 14.3. The second-order valence-corrected chi connectivity index (χ2v) is 5.40. The van der Waals surface area contributed by atoms with Crippen LogP contribution in [0.25, 0.3) is 0 Å². The highest BCUT2D eigenvalue weighted by molar-refractivity contribution is 5.81. The molecular formula is C15H30O9. The van der Waals surface area contributed by atoms with Crippen LogP contribution in [0, 0.1) is 10.8 Å². The molecule has 144 valence electrons. The second-order valence-electron chi connectivity index (χ2n) is 5.40. The van der Waals surface area contributed by atoms with Crippen molar-refractivity contribution in [2.45, 2.75) is 6.92 Å². The summed E-state index contributed by atoms with van der Waals surface area (Å²) >= 11 is 0. The maximum atomic E-state index is 10.1. The fourth-order valence-corrected chi connectivity index (χ4v) is 1.26. The average Bonchev–Trinajstić information content (AvgIpc) is 2.64. The Balaban J connectivity index is 0. The molecule has 0 aromatic carbocycles. The van der Waals surface area contributed by atoms with E-state index in [2.05, 4.69) is 11.3 Å². The van der Waals surface area contributed by atoms with Gasteiger partial charge in [-0.05, 0) is 6.92 Å². The van der Waals surface area contributed by atoms with E-state index in [9.17, 15) is 4.79 Å². The molecule has 0 aliphatic heterocycles. The minimum Gasteiger partial charge on any atom is -0.463 e. The van der Waals surface area contributed by atoms with Crippen LogP contribution in [0.3, 0.4) is 0 Å². The lowest BCUT2D eigenvalue weighted by Gasteiger charge is -2.31. The Hall–Kier alpha value is -1.07. The predicted molar refractivity (Wildman–Crippen MR) is 85.0 cm³/mol. The molecule has 0 heterocycles. The van der Waals surface area contributed by atoms with Crippen LogP contribution in [0.1, 0.15) is 6.92 Å². The molecule has 0 saturated heterocycles. The first-order valence-electron chi connectivity index (χ1n) is 7.40. The number of rotatable bonds is 12. The summed E-state index contributed by atoms with van der Waals surface area (Å²) in [5.41, 5.74) is -2.32. The van der Waals surface area contributed by atoms with E-state index >= 15 is 0 Å². The van der Waals surface area contributed by atoms with Crippen LogP contribution in [0.2, 0.25) is 0 Å². The molecule has 9 nitrogen and oxygen atoms in total. The molecule has 0 fully saturated rings. The molecule has 0 rings (SSSR count). The third kappa shape index (κ3) is 9.28. The van der Waals surface area contributed by atoms with E-state index in [4.69, 9.17) is 35.4 Å². The molecule has 0 aliphatic rings. The van der Waals surface area contributed by atoms with Gasteiger partial charge in [0.2, 0.25) is 0 Å². The van der Waals surface area contributed by atoms with Crippen LogP contribution in [0.5, 0.6) is 0 Å². The first kappa shape index (κ1) is 25.2. The summed E-state index contributed by atoms with van der Waals surface area (Å²) in [6.45, 7) is 2.37. The van der Waals surface area contributed by atoms with E-state index in [0.717, 1.165) is 6.08 Å². The Labute approximate surface area is 141 Å². The molecule has 0 aromatic rings. The summed E-state index contributed by atoms with van der Waals surface area (Å²) < 4.78 is 9.58. The average molecular weight is 354 g/mol. The summed E-state index contributed by atoms with van der Waals surface area (Å²) in [6.07, 6.45) is 1.14. The van der Waals surface area contributed by atoms with Crippen molar-refractivity contribution in [2.75, 3.05) is 59.5 Å². The maximum absolute atomic E-state index is 10.1. The Kier molecular flexibility index (Phi) is 15.0. The highest BCUT2D eigenvalue weighted by atomic mass is 16.5. The molecule has 6 N–H and O–H groups in total. The van der Waals surface area contributed by atoms with Gasteiger partial charge in [-0.25, -0.2) is 4.79 Å². The number of carbonyl (C=O) groups excluding carboxylic acids is 1. The number of aliphatic hydroxyl groups is 6. The molecule has 0 aromatic heterocycles. The highest BCUT2D eigenvalue weighted by Crippen LogP contribution is 2.19. The Morgan fingerprint density at radius 3 is 1.38 bits per heavy atom. The van der Waals surface area contributed by atoms with Gasteiger partial charge < -0.3 is 40.1 Å². The number of hydrogen-bond donors (Lipinski definition) is 6. The van der Waals surface area contributed by atoms with Gasteiger partial charge >= 0.3 is 5.97 Å². The van der Waals surface area contributed by atoms with Gasteiger partial charge in [-0.3, -0.25) is 0 Å². The number of esters is 1. The van der Waals surface area contributed by atoms with Crippen LogP contribution >= 0.6 is 0 Å². The van der Waals surface area contributed by atoms with E-state index in [1.165, 1.54) is 0 Å². The molecule has 0 saturated carbocycles. The van der Waals surface area contributed by atoms with Crippen molar-refractivity contribution >= 4 is 5.97 Å². The molecule has 24 heavy (non-hydrogen) atoms. The topological polar surface area (TPSA) is 157 Å². The monoisotopic (exact) mass is 354 g/mol. The predicted octanol–water partition coefficient (Wildman–Crippen LogP) is -2.33. The van der Waals surface area contributed by atoms with Crippen molar-refractivity contribution in [3.8, 4) is 0 Å². The van der Waals surface area contributed by atoms with Crippen molar-refractivity contribution < 1.29 is 44.9 Å². The lowest BCUT2D eigenvalue weighted by atomic mass is 9.91. The Morgan fingerprint density at radius 1 is 0.875 bits per heavy atom. The summed E-state index contributed by atoms with van der Waals surface area (Å²) in [6, 6.07) is 0. The normalized spacial score (nSPS) is 11.5. The van der Waals surface area contributed by atoms with Crippen molar-refractivity contribution in [1.29, 1.82) is 0 Å². The first-order chi connectivity index (χ1) is 11.4. The summed E-state index contributed by atoms with van der Waals surface area (Å²) in [5, 5.41) is 54.2. The fraction of sp³-hybridized carbons (Fsp3) is 0.800. The standard InChI is InChI=1S/C10H22O7.C5H8O2/c11-1-9(2-12,3-13)7-17-8-10(4-14,5-15)6-16;1-3-5(6)7-4-2/h11-16H,1-8H2;3H,1,4H2,2H3. The van der Waals surface area contributed by atoms with Crippen molar-refractivity contribution in [2.24, 2.45) is 10.8 Å². The minimum absolute atomic E-state index is 0.141. The van der Waals surface area contributed by atoms with Gasteiger partial charge in [-0.2, -0.15) is 0 Å². The Morgan fingerprint density at radius 2 is 1.21 bits per heavy atom. The SMILES string of the molecule is C=CC(=O)OCC.OCC(CO)(CO)COCC(CO)(CO)CO. The smallest absolute Gasteiger partial charge is 0.330 e. The number of aliphatic hydroxyl groups excluding tert-OH is 6. The third-order valence-electron chi connectivity index (χ3n) is 3.28. The van der Waals surface area contributed by atoms with E-state index < -0.39 is 50.5 Å². The van der Waals surface area contributed by atoms with Crippen molar-refractivity contribution in [3.05, 3.63) is 12.7 Å². The lowest BCUT2D eigenvalue weighted by Crippen LogP contribution is -2.43. The van der Waals surface area contributed by atoms with Crippen molar-refractivity contribution in [1.82, 2.24) is 0 Å². The third-order valence-corrected chi connectivity index (χ3v) is 3.28. The molecule has 0 radical (unpaired) electrons. The zero-order chi connectivity index (χ0) is 19.1. The molecule has 0 unspecified atom stereocenters. The van der Waals surface area contributed by atoms with Gasteiger partial charge in [0.1, 0.15) is 0 Å². The molecule has 0 amide bonds. The number of ether oxygens (including phenoxy) is 2. The van der Waals surface area contributed by atoms with Crippen LogP contribution in [0.15, 0.2) is 12.7 Å². The summed E-state index contributed by atoms with van der Waals surface area (Å²) in [4.78, 5) is 10.1. The highest BCUT2D eigenvalue weighted by Gasteiger charge is 2.32. The summed E-state index contributed by atoms with van der Waals surface area (Å²) in [7, 11) is 0. The van der Waals surface area contributed by atoms with Crippen LogP contribution in [-0.2, 0) is 14.3 Å². The van der Waals surface area contributed by atoms with Gasteiger partial charge in [0.05, 0.1) is 70.3 Å². The molecule has 0 bridgehead atoms. The lowest BCUT2D eigenvalue weighted by molar-refractivity contribution is -0.137. The maximum Gasteiger partial charge on any atom is 0.330 e. The number of carbonyl (C=O) groups is 1. The van der Waals surface area contributed by atoms with E-state index in [1.807, 2.05) is 0 Å². The van der Waals surface area contributed by atoms with Gasteiger partial charge in [0, 0.05) is 6.08 Å². The van der Waals surface area contributed by atoms with Gasteiger partial charge in [0.15, 0.2) is 0 Å². The van der Waals surface area contributed by atoms with Crippen molar-refractivity contribution in [3.63, 3.8) is 0 Å². The zero-order valence-electron chi connectivity index (χ0n) is 14.1. The molecule has 0 aliphatic carbocycles. The van der Waals surface area contributed by atoms with Gasteiger partial charge in [0.25, 0.3) is 0 Å². The molecule has 9 heteroatoms.